The number of esters is 2. The summed E-state index contributed by atoms with van der Waals surface area (Å²) in [5, 5.41) is 0. The van der Waals surface area contributed by atoms with Gasteiger partial charge in [-0.15, -0.1) is 0 Å². The molecule has 8 heteroatoms. The van der Waals surface area contributed by atoms with Gasteiger partial charge in [0.25, 0.3) is 0 Å². The molecule has 8 nitrogen and oxygen atoms in total. The molecule has 2 saturated heterocycles. The second-order valence-electron chi connectivity index (χ2n) is 6.99. The Labute approximate surface area is 166 Å². The highest BCUT2D eigenvalue weighted by molar-refractivity contribution is 5.89. The molecule has 150 valence electrons. The Morgan fingerprint density at radius 2 is 1.34 bits per heavy atom. The van der Waals surface area contributed by atoms with E-state index in [-0.39, 0.29) is 6.79 Å². The van der Waals surface area contributed by atoms with Crippen LogP contribution in [-0.2, 0) is 19.1 Å². The molecule has 0 aromatic heterocycles. The predicted octanol–water partition coefficient (Wildman–Crippen LogP) is 2.56. The van der Waals surface area contributed by atoms with E-state index in [4.69, 9.17) is 28.4 Å². The highest BCUT2D eigenvalue weighted by atomic mass is 16.7. The lowest BCUT2D eigenvalue weighted by molar-refractivity contribution is -0.154. The molecule has 0 amide bonds. The number of hydrogen-bond donors (Lipinski definition) is 0. The SMILES string of the molecule is COc1ccc([C@H]2OC(=O)[C@@H]3[C@H]2C(=O)O[C@H]3c2ccc3c(c2)OCO3)cc1OC. The van der Waals surface area contributed by atoms with E-state index in [1.54, 1.807) is 36.4 Å². The van der Waals surface area contributed by atoms with Gasteiger partial charge in [0.05, 0.1) is 14.2 Å². The van der Waals surface area contributed by atoms with Crippen LogP contribution in [0.4, 0.5) is 0 Å². The number of methoxy groups -OCH3 is 2. The van der Waals surface area contributed by atoms with Gasteiger partial charge in [-0.2, -0.15) is 0 Å². The minimum absolute atomic E-state index is 0.138. The van der Waals surface area contributed by atoms with Gasteiger partial charge in [-0.1, -0.05) is 12.1 Å². The van der Waals surface area contributed by atoms with Gasteiger partial charge >= 0.3 is 11.9 Å². The van der Waals surface area contributed by atoms with Gasteiger partial charge in [-0.05, 0) is 35.4 Å². The van der Waals surface area contributed by atoms with E-state index in [2.05, 4.69) is 0 Å². The molecule has 0 unspecified atom stereocenters. The summed E-state index contributed by atoms with van der Waals surface area (Å²) < 4.78 is 32.5. The maximum atomic E-state index is 12.7. The van der Waals surface area contributed by atoms with Crippen LogP contribution < -0.4 is 18.9 Å². The smallest absolute Gasteiger partial charge is 0.314 e. The number of carbonyl (C=O) groups excluding carboxylic acids is 2. The van der Waals surface area contributed by atoms with E-state index in [9.17, 15) is 9.59 Å². The van der Waals surface area contributed by atoms with Crippen molar-refractivity contribution in [3.8, 4) is 23.0 Å². The fraction of sp³-hybridized carbons (Fsp3) is 0.333. The van der Waals surface area contributed by atoms with Crippen LogP contribution in [0.25, 0.3) is 0 Å². The summed E-state index contributed by atoms with van der Waals surface area (Å²) in [5.41, 5.74) is 1.31. The zero-order valence-electron chi connectivity index (χ0n) is 15.7. The van der Waals surface area contributed by atoms with Crippen LogP contribution in [0.3, 0.4) is 0 Å². The number of rotatable bonds is 4. The molecular formula is C21H18O8. The molecule has 2 aromatic rings. The second kappa shape index (κ2) is 6.58. The number of cyclic esters (lactones) is 2. The molecule has 2 fully saturated rings. The molecule has 0 radical (unpaired) electrons. The molecule has 5 rings (SSSR count). The van der Waals surface area contributed by atoms with Gasteiger partial charge in [0.15, 0.2) is 23.0 Å². The van der Waals surface area contributed by atoms with E-state index in [0.717, 1.165) is 0 Å². The first-order chi connectivity index (χ1) is 14.1. The average molecular weight is 398 g/mol. The van der Waals surface area contributed by atoms with Crippen molar-refractivity contribution in [3.63, 3.8) is 0 Å². The van der Waals surface area contributed by atoms with Crippen molar-refractivity contribution in [2.24, 2.45) is 11.8 Å². The summed E-state index contributed by atoms with van der Waals surface area (Å²) in [4.78, 5) is 25.4. The van der Waals surface area contributed by atoms with E-state index in [1.807, 2.05) is 0 Å². The molecule has 3 aliphatic heterocycles. The second-order valence-corrected chi connectivity index (χ2v) is 6.99. The highest BCUT2D eigenvalue weighted by Gasteiger charge is 2.60. The van der Waals surface area contributed by atoms with Gasteiger partial charge in [0.2, 0.25) is 6.79 Å². The zero-order valence-corrected chi connectivity index (χ0v) is 15.7. The number of carbonyl (C=O) groups is 2. The minimum Gasteiger partial charge on any atom is -0.493 e. The van der Waals surface area contributed by atoms with Crippen LogP contribution in [0.2, 0.25) is 0 Å². The normalized spacial score (nSPS) is 26.7. The van der Waals surface area contributed by atoms with Crippen molar-refractivity contribution < 1.29 is 38.0 Å². The fourth-order valence-corrected chi connectivity index (χ4v) is 4.14. The third-order valence-electron chi connectivity index (χ3n) is 5.53. The Kier molecular flexibility index (Phi) is 4.01. The van der Waals surface area contributed by atoms with Crippen molar-refractivity contribution in [3.05, 3.63) is 47.5 Å². The lowest BCUT2D eigenvalue weighted by Crippen LogP contribution is -2.19. The lowest BCUT2D eigenvalue weighted by atomic mass is 9.84. The summed E-state index contributed by atoms with van der Waals surface area (Å²) in [6.45, 7) is 0.138. The number of hydrogen-bond acceptors (Lipinski definition) is 8. The maximum Gasteiger partial charge on any atom is 0.314 e. The first-order valence-corrected chi connectivity index (χ1v) is 9.13. The Morgan fingerprint density at radius 3 is 2.00 bits per heavy atom. The van der Waals surface area contributed by atoms with E-state index in [0.29, 0.717) is 34.1 Å². The van der Waals surface area contributed by atoms with Gasteiger partial charge in [-0.3, -0.25) is 9.59 Å². The Hall–Kier alpha value is -3.42. The first-order valence-electron chi connectivity index (χ1n) is 9.13. The average Bonchev–Trinajstić information content (AvgIpc) is 3.43. The predicted molar refractivity (Wildman–Crippen MR) is 96.8 cm³/mol. The number of ether oxygens (including phenoxy) is 6. The minimum atomic E-state index is -0.751. The molecule has 0 aliphatic carbocycles. The molecule has 0 N–H and O–H groups in total. The Balaban J connectivity index is 1.48. The monoisotopic (exact) mass is 398 g/mol. The molecule has 0 spiro atoms. The third-order valence-corrected chi connectivity index (χ3v) is 5.53. The summed E-state index contributed by atoms with van der Waals surface area (Å²) in [5.74, 6) is -0.201. The van der Waals surface area contributed by atoms with Crippen LogP contribution in [-0.4, -0.2) is 33.0 Å². The quantitative estimate of drug-likeness (QED) is 0.726. The van der Waals surface area contributed by atoms with Gasteiger partial charge in [-0.25, -0.2) is 0 Å². The van der Waals surface area contributed by atoms with Crippen molar-refractivity contribution in [1.29, 1.82) is 0 Å². The highest BCUT2D eigenvalue weighted by Crippen LogP contribution is 2.53. The topological polar surface area (TPSA) is 89.5 Å². The molecule has 0 saturated carbocycles. The molecule has 3 heterocycles. The number of benzene rings is 2. The molecule has 29 heavy (non-hydrogen) atoms. The van der Waals surface area contributed by atoms with Crippen LogP contribution in [0, 0.1) is 11.8 Å². The van der Waals surface area contributed by atoms with Crippen molar-refractivity contribution in [2.75, 3.05) is 21.0 Å². The number of fused-ring (bicyclic) bond motifs is 2. The molecule has 0 bridgehead atoms. The third kappa shape index (κ3) is 2.66. The van der Waals surface area contributed by atoms with Crippen LogP contribution in [0.1, 0.15) is 23.3 Å². The molecule has 2 aromatic carbocycles. The van der Waals surface area contributed by atoms with E-state index < -0.39 is 36.0 Å². The Bertz CT molecular complexity index is 998. The summed E-state index contributed by atoms with van der Waals surface area (Å²) in [6.07, 6.45) is -1.49. The van der Waals surface area contributed by atoms with Crippen molar-refractivity contribution in [2.45, 2.75) is 12.2 Å². The summed E-state index contributed by atoms with van der Waals surface area (Å²) >= 11 is 0. The van der Waals surface area contributed by atoms with Crippen LogP contribution in [0.5, 0.6) is 23.0 Å². The first kappa shape index (κ1) is 17.7. The van der Waals surface area contributed by atoms with E-state index in [1.165, 1.54) is 14.2 Å². The van der Waals surface area contributed by atoms with Gasteiger partial charge in [0, 0.05) is 0 Å². The molecule has 3 aliphatic rings. The standard InChI is InChI=1S/C21H18O8/c1-24-12-5-3-10(7-14(12)25-2)18-16-17(21(23)28-18)19(29-20(16)22)11-4-6-13-15(8-11)27-9-26-13/h3-8,16-19H,9H2,1-2H3/t16-,17-,18-,19+/m1/s1. The van der Waals surface area contributed by atoms with Crippen molar-refractivity contribution in [1.82, 2.24) is 0 Å². The van der Waals surface area contributed by atoms with Gasteiger partial charge < -0.3 is 28.4 Å². The van der Waals surface area contributed by atoms with E-state index >= 15 is 0 Å². The largest absolute Gasteiger partial charge is 0.493 e. The zero-order chi connectivity index (χ0) is 20.1. The summed E-state index contributed by atoms with van der Waals surface area (Å²) in [6, 6.07) is 10.4. The van der Waals surface area contributed by atoms with Crippen LogP contribution >= 0.6 is 0 Å². The molecular weight excluding hydrogens is 380 g/mol. The summed E-state index contributed by atoms with van der Waals surface area (Å²) in [7, 11) is 3.05. The van der Waals surface area contributed by atoms with Gasteiger partial charge in [0.1, 0.15) is 24.0 Å². The van der Waals surface area contributed by atoms with Crippen LogP contribution in [0.15, 0.2) is 36.4 Å². The Morgan fingerprint density at radius 1 is 0.759 bits per heavy atom. The lowest BCUT2D eigenvalue weighted by Gasteiger charge is -2.16. The maximum absolute atomic E-state index is 12.7. The fourth-order valence-electron chi connectivity index (χ4n) is 4.14. The van der Waals surface area contributed by atoms with Crippen molar-refractivity contribution >= 4 is 11.9 Å². The molecule has 4 atom stereocenters.